The van der Waals surface area contributed by atoms with Crippen molar-refractivity contribution in [3.8, 4) is 11.5 Å². The lowest BCUT2D eigenvalue weighted by atomic mass is 10.2. The van der Waals surface area contributed by atoms with Crippen molar-refractivity contribution in [2.24, 2.45) is 5.10 Å². The Morgan fingerprint density at radius 3 is 2.70 bits per heavy atom. The second-order valence-corrected chi connectivity index (χ2v) is 3.83. The van der Waals surface area contributed by atoms with Crippen LogP contribution in [-0.4, -0.2) is 26.3 Å². The first-order chi connectivity index (χ1) is 9.74. The van der Waals surface area contributed by atoms with Gasteiger partial charge in [-0.05, 0) is 24.3 Å². The second kappa shape index (κ2) is 6.42. The Hall–Kier alpha value is -2.76. The van der Waals surface area contributed by atoms with Gasteiger partial charge in [0, 0.05) is 11.1 Å². The van der Waals surface area contributed by atoms with Crippen molar-refractivity contribution in [2.45, 2.75) is 0 Å². The number of methoxy groups -OCH3 is 2. The number of ether oxygens (including phenoxy) is 2. The minimum atomic E-state index is -0.342. The average Bonchev–Trinajstić information content (AvgIpc) is 2.99. The largest absolute Gasteiger partial charge is 0.493 e. The van der Waals surface area contributed by atoms with E-state index in [9.17, 15) is 4.79 Å². The molecule has 1 heterocycles. The van der Waals surface area contributed by atoms with Gasteiger partial charge in [-0.2, -0.15) is 5.10 Å². The zero-order valence-electron chi connectivity index (χ0n) is 11.1. The van der Waals surface area contributed by atoms with Crippen LogP contribution in [0.2, 0.25) is 0 Å². The summed E-state index contributed by atoms with van der Waals surface area (Å²) >= 11 is 0. The smallest absolute Gasteiger partial charge is 0.271 e. The molecule has 0 aliphatic carbocycles. The molecular weight excluding hydrogens is 260 g/mol. The normalized spacial score (nSPS) is 10.5. The van der Waals surface area contributed by atoms with Crippen LogP contribution in [0.1, 0.15) is 15.9 Å². The number of rotatable bonds is 5. The van der Waals surface area contributed by atoms with Crippen LogP contribution >= 0.6 is 0 Å². The summed E-state index contributed by atoms with van der Waals surface area (Å²) in [5, 5.41) is 3.83. The number of nitrogens with zero attached hydrogens (tertiary/aromatic N) is 1. The van der Waals surface area contributed by atoms with Crippen LogP contribution in [0, 0.1) is 0 Å². The number of amides is 1. The van der Waals surface area contributed by atoms with Crippen LogP contribution in [-0.2, 0) is 0 Å². The molecule has 2 rings (SSSR count). The number of hydrogen-bond acceptors (Lipinski definition) is 5. The maximum Gasteiger partial charge on any atom is 0.271 e. The molecule has 1 aromatic carbocycles. The van der Waals surface area contributed by atoms with Gasteiger partial charge in [0.25, 0.3) is 5.91 Å². The molecule has 0 fully saturated rings. The van der Waals surface area contributed by atoms with Gasteiger partial charge < -0.3 is 13.9 Å². The third kappa shape index (κ3) is 3.17. The van der Waals surface area contributed by atoms with E-state index in [-0.39, 0.29) is 5.91 Å². The number of carbonyl (C=O) groups is 1. The molecule has 0 spiro atoms. The molecule has 0 aliphatic heterocycles. The Morgan fingerprint density at radius 2 is 2.05 bits per heavy atom. The highest BCUT2D eigenvalue weighted by atomic mass is 16.5. The summed E-state index contributed by atoms with van der Waals surface area (Å²) in [6, 6.07) is 6.60. The van der Waals surface area contributed by atoms with Crippen LogP contribution in [0.4, 0.5) is 0 Å². The summed E-state index contributed by atoms with van der Waals surface area (Å²) in [6.07, 6.45) is 4.53. The molecule has 0 radical (unpaired) electrons. The molecule has 0 saturated heterocycles. The average molecular weight is 274 g/mol. The quantitative estimate of drug-likeness (QED) is 0.669. The van der Waals surface area contributed by atoms with Gasteiger partial charge in [0.15, 0.2) is 11.5 Å². The fourth-order valence-corrected chi connectivity index (χ4v) is 1.56. The topological polar surface area (TPSA) is 73.1 Å². The van der Waals surface area contributed by atoms with Gasteiger partial charge >= 0.3 is 0 Å². The van der Waals surface area contributed by atoms with E-state index < -0.39 is 0 Å². The molecule has 1 N–H and O–H groups in total. The standard InChI is InChI=1S/C14H14N2O4/c1-18-12-4-3-11(7-13(12)19-2)14(17)16-15-8-10-5-6-20-9-10/h3-9H,1-2H3,(H,16,17)/b15-8+. The molecule has 104 valence electrons. The molecule has 0 bridgehead atoms. The Kier molecular flexibility index (Phi) is 4.39. The fourth-order valence-electron chi connectivity index (χ4n) is 1.56. The molecule has 6 nitrogen and oxygen atoms in total. The first-order valence-electron chi connectivity index (χ1n) is 5.82. The van der Waals surface area contributed by atoms with Gasteiger partial charge in [-0.25, -0.2) is 5.43 Å². The number of hydrazone groups is 1. The van der Waals surface area contributed by atoms with E-state index in [0.717, 1.165) is 5.56 Å². The third-order valence-corrected chi connectivity index (χ3v) is 2.57. The molecule has 0 aliphatic rings. The van der Waals surface area contributed by atoms with Gasteiger partial charge in [0.05, 0.1) is 33.0 Å². The predicted molar refractivity (Wildman–Crippen MR) is 73.3 cm³/mol. The van der Waals surface area contributed by atoms with Crippen LogP contribution < -0.4 is 14.9 Å². The lowest BCUT2D eigenvalue weighted by Gasteiger charge is -2.08. The highest BCUT2D eigenvalue weighted by molar-refractivity contribution is 5.95. The summed E-state index contributed by atoms with van der Waals surface area (Å²) in [6.45, 7) is 0. The molecule has 0 atom stereocenters. The van der Waals surface area contributed by atoms with E-state index in [0.29, 0.717) is 17.1 Å². The van der Waals surface area contributed by atoms with Crippen LogP contribution in [0.5, 0.6) is 11.5 Å². The van der Waals surface area contributed by atoms with E-state index in [1.165, 1.54) is 33.0 Å². The van der Waals surface area contributed by atoms with Crippen molar-refractivity contribution in [3.63, 3.8) is 0 Å². The summed E-state index contributed by atoms with van der Waals surface area (Å²) in [7, 11) is 3.05. The molecule has 6 heteroatoms. The van der Waals surface area contributed by atoms with Crippen molar-refractivity contribution in [1.82, 2.24) is 5.43 Å². The van der Waals surface area contributed by atoms with E-state index in [4.69, 9.17) is 13.9 Å². The zero-order valence-corrected chi connectivity index (χ0v) is 11.1. The fraction of sp³-hybridized carbons (Fsp3) is 0.143. The van der Waals surface area contributed by atoms with Crippen LogP contribution in [0.15, 0.2) is 46.3 Å². The number of benzene rings is 1. The summed E-state index contributed by atoms with van der Waals surface area (Å²) in [5.41, 5.74) is 3.60. The van der Waals surface area contributed by atoms with Crippen LogP contribution in [0.25, 0.3) is 0 Å². The Balaban J connectivity index is 2.05. The highest BCUT2D eigenvalue weighted by Gasteiger charge is 2.09. The van der Waals surface area contributed by atoms with E-state index >= 15 is 0 Å². The first-order valence-corrected chi connectivity index (χ1v) is 5.82. The minimum absolute atomic E-state index is 0.342. The maximum atomic E-state index is 11.9. The lowest BCUT2D eigenvalue weighted by molar-refractivity contribution is 0.0954. The van der Waals surface area contributed by atoms with E-state index in [1.807, 2.05) is 0 Å². The minimum Gasteiger partial charge on any atom is -0.493 e. The van der Waals surface area contributed by atoms with Crippen molar-refractivity contribution in [3.05, 3.63) is 47.9 Å². The molecule has 0 unspecified atom stereocenters. The van der Waals surface area contributed by atoms with Crippen LogP contribution in [0.3, 0.4) is 0 Å². The Bertz CT molecular complexity index is 606. The SMILES string of the molecule is COc1ccc(C(=O)N/N=C/c2ccoc2)cc1OC. The number of nitrogens with one attached hydrogen (secondary N) is 1. The first kappa shape index (κ1) is 13.7. The van der Waals surface area contributed by atoms with Crippen molar-refractivity contribution < 1.29 is 18.7 Å². The van der Waals surface area contributed by atoms with Gasteiger partial charge in [-0.3, -0.25) is 4.79 Å². The predicted octanol–water partition coefficient (Wildman–Crippen LogP) is 2.06. The molecule has 20 heavy (non-hydrogen) atoms. The Morgan fingerprint density at radius 1 is 1.25 bits per heavy atom. The van der Waals surface area contributed by atoms with Crippen molar-refractivity contribution in [2.75, 3.05) is 14.2 Å². The maximum absolute atomic E-state index is 11.9. The summed E-state index contributed by atoms with van der Waals surface area (Å²) in [4.78, 5) is 11.9. The monoisotopic (exact) mass is 274 g/mol. The third-order valence-electron chi connectivity index (χ3n) is 2.57. The summed E-state index contributed by atoms with van der Waals surface area (Å²) in [5.74, 6) is 0.704. The van der Waals surface area contributed by atoms with Gasteiger partial charge in [-0.1, -0.05) is 0 Å². The van der Waals surface area contributed by atoms with E-state index in [2.05, 4.69) is 10.5 Å². The zero-order chi connectivity index (χ0) is 14.4. The second-order valence-electron chi connectivity index (χ2n) is 3.83. The summed E-state index contributed by atoms with van der Waals surface area (Å²) < 4.78 is 15.1. The molecule has 1 aromatic heterocycles. The van der Waals surface area contributed by atoms with Crippen molar-refractivity contribution >= 4 is 12.1 Å². The van der Waals surface area contributed by atoms with Gasteiger partial charge in [0.2, 0.25) is 0 Å². The number of hydrogen-bond donors (Lipinski definition) is 1. The lowest BCUT2D eigenvalue weighted by Crippen LogP contribution is -2.17. The molecule has 0 saturated carbocycles. The number of furan rings is 1. The van der Waals surface area contributed by atoms with Gasteiger partial charge in [0.1, 0.15) is 0 Å². The van der Waals surface area contributed by atoms with Crippen molar-refractivity contribution in [1.29, 1.82) is 0 Å². The molecule has 1 amide bonds. The Labute approximate surface area is 116 Å². The molecule has 2 aromatic rings. The van der Waals surface area contributed by atoms with Gasteiger partial charge in [-0.15, -0.1) is 0 Å². The van der Waals surface area contributed by atoms with E-state index in [1.54, 1.807) is 24.3 Å². The molecular formula is C14H14N2O4. The highest BCUT2D eigenvalue weighted by Crippen LogP contribution is 2.27. The number of carbonyl (C=O) groups excluding carboxylic acids is 1.